The fourth-order valence-electron chi connectivity index (χ4n) is 3.03. The average molecular weight is 476 g/mol. The average Bonchev–Trinajstić information content (AvgIpc) is 2.87. The number of hydrogen-bond acceptors (Lipinski definition) is 6. The highest BCUT2D eigenvalue weighted by molar-refractivity contribution is 7.80. The zero-order valence-corrected chi connectivity index (χ0v) is 20.2. The summed E-state index contributed by atoms with van der Waals surface area (Å²) in [6.45, 7) is 1.06. The maximum Gasteiger partial charge on any atom is 0.125 e. The third kappa shape index (κ3) is 8.30. The molecular weight excluding hydrogens is 446 g/mol. The van der Waals surface area contributed by atoms with Crippen molar-refractivity contribution in [2.24, 2.45) is 0 Å². The van der Waals surface area contributed by atoms with E-state index < -0.39 is 0 Å². The molecule has 2 N–H and O–H groups in total. The van der Waals surface area contributed by atoms with Crippen molar-refractivity contribution < 1.29 is 18.9 Å². The molecule has 0 aliphatic carbocycles. The highest BCUT2D eigenvalue weighted by Crippen LogP contribution is 2.26. The van der Waals surface area contributed by atoms with Gasteiger partial charge in [0, 0.05) is 34.8 Å². The van der Waals surface area contributed by atoms with Crippen LogP contribution in [0.3, 0.4) is 0 Å². The lowest BCUT2D eigenvalue weighted by Gasteiger charge is -2.09. The van der Waals surface area contributed by atoms with Gasteiger partial charge in [0.25, 0.3) is 0 Å². The summed E-state index contributed by atoms with van der Waals surface area (Å²) in [7, 11) is 3.24. The molecule has 176 valence electrons. The second kappa shape index (κ2) is 13.1. The molecule has 4 rings (SSSR count). The predicted molar refractivity (Wildman–Crippen MR) is 139 cm³/mol. The van der Waals surface area contributed by atoms with Crippen LogP contribution >= 0.6 is 12.6 Å². The van der Waals surface area contributed by atoms with Crippen LogP contribution in [0.1, 0.15) is 11.1 Å². The number of anilines is 1. The summed E-state index contributed by atoms with van der Waals surface area (Å²) in [5, 5.41) is 0. The normalized spacial score (nSPS) is 9.97. The molecule has 0 aromatic heterocycles. The van der Waals surface area contributed by atoms with Crippen molar-refractivity contribution in [1.82, 2.24) is 0 Å². The Bertz CT molecular complexity index is 1060. The van der Waals surface area contributed by atoms with E-state index in [0.29, 0.717) is 30.4 Å². The fourth-order valence-corrected chi connectivity index (χ4v) is 3.29. The molecule has 6 heteroatoms. The lowest BCUT2D eigenvalue weighted by molar-refractivity contribution is 0.302. The highest BCUT2D eigenvalue weighted by Gasteiger charge is 2.02. The maximum absolute atomic E-state index is 5.74. The van der Waals surface area contributed by atoms with Gasteiger partial charge in [0.1, 0.15) is 36.2 Å². The summed E-state index contributed by atoms with van der Waals surface area (Å²) in [6.07, 6.45) is 0. The molecule has 34 heavy (non-hydrogen) atoms. The van der Waals surface area contributed by atoms with Crippen LogP contribution in [0.2, 0.25) is 0 Å². The van der Waals surface area contributed by atoms with E-state index in [4.69, 9.17) is 24.7 Å². The molecule has 0 atom stereocenters. The Labute approximate surface area is 206 Å². The van der Waals surface area contributed by atoms with Gasteiger partial charge in [0.05, 0.1) is 14.2 Å². The molecule has 0 saturated heterocycles. The Hall–Kier alpha value is -3.77. The standard InChI is InChI=1S/C14H15NO2.C14H14O2S/c1-16-13-7-12(15)8-14(9-13)17-10-11-5-3-2-4-6-11;1-15-12-7-13(9-14(17)8-12)16-10-11-5-3-2-4-6-11/h2-9H,10,15H2,1H3;2-9,17H,10H2,1H3. The topological polar surface area (TPSA) is 62.9 Å². The zero-order chi connectivity index (χ0) is 24.2. The molecule has 4 aromatic rings. The lowest BCUT2D eigenvalue weighted by Crippen LogP contribution is -1.97. The highest BCUT2D eigenvalue weighted by atomic mass is 32.1. The fraction of sp³-hybridized carbons (Fsp3) is 0.143. The Morgan fingerprint density at radius 2 is 1.00 bits per heavy atom. The molecule has 4 aromatic carbocycles. The number of ether oxygens (including phenoxy) is 4. The van der Waals surface area contributed by atoms with Crippen molar-refractivity contribution in [3.63, 3.8) is 0 Å². The number of nitrogen functional groups attached to an aromatic ring is 1. The first-order valence-corrected chi connectivity index (χ1v) is 11.2. The van der Waals surface area contributed by atoms with E-state index in [1.54, 1.807) is 26.4 Å². The van der Waals surface area contributed by atoms with Crippen LogP contribution in [0.5, 0.6) is 23.0 Å². The third-order valence-corrected chi connectivity index (χ3v) is 4.99. The minimum atomic E-state index is 0.521. The summed E-state index contributed by atoms with van der Waals surface area (Å²) >= 11 is 4.30. The van der Waals surface area contributed by atoms with Gasteiger partial charge in [-0.3, -0.25) is 0 Å². The minimum absolute atomic E-state index is 0.521. The zero-order valence-electron chi connectivity index (χ0n) is 19.3. The first kappa shape index (κ1) is 24.9. The maximum atomic E-state index is 5.74. The number of benzene rings is 4. The number of methoxy groups -OCH3 is 2. The molecule has 0 aliphatic rings. The van der Waals surface area contributed by atoms with E-state index >= 15 is 0 Å². The lowest BCUT2D eigenvalue weighted by atomic mass is 10.2. The third-order valence-electron chi connectivity index (χ3n) is 4.74. The second-order valence-corrected chi connectivity index (χ2v) is 7.87. The summed E-state index contributed by atoms with van der Waals surface area (Å²) in [5.41, 5.74) is 8.63. The van der Waals surface area contributed by atoms with Crippen molar-refractivity contribution >= 4 is 18.3 Å². The largest absolute Gasteiger partial charge is 0.497 e. The van der Waals surface area contributed by atoms with Crippen molar-refractivity contribution in [2.45, 2.75) is 18.1 Å². The van der Waals surface area contributed by atoms with Gasteiger partial charge in [-0.2, -0.15) is 0 Å². The molecule has 0 spiro atoms. The molecule has 0 bridgehead atoms. The summed E-state index contributed by atoms with van der Waals surface area (Å²) in [5.74, 6) is 2.93. The molecule has 0 aliphatic heterocycles. The molecule has 0 saturated carbocycles. The van der Waals surface area contributed by atoms with Crippen LogP contribution in [0, 0.1) is 0 Å². The molecule has 0 amide bonds. The quantitative estimate of drug-likeness (QED) is 0.227. The molecule has 5 nitrogen and oxygen atoms in total. The molecule has 0 heterocycles. The van der Waals surface area contributed by atoms with Crippen LogP contribution in [0.25, 0.3) is 0 Å². The van der Waals surface area contributed by atoms with E-state index in [9.17, 15) is 0 Å². The SMILES string of the molecule is COc1cc(N)cc(OCc2ccccc2)c1.COc1cc(S)cc(OCc2ccccc2)c1. The van der Waals surface area contributed by atoms with Gasteiger partial charge in [0.15, 0.2) is 0 Å². The number of nitrogens with two attached hydrogens (primary N) is 1. The Balaban J connectivity index is 0.000000191. The monoisotopic (exact) mass is 475 g/mol. The van der Waals surface area contributed by atoms with Gasteiger partial charge >= 0.3 is 0 Å². The number of thiol groups is 1. The van der Waals surface area contributed by atoms with Gasteiger partial charge < -0.3 is 24.7 Å². The summed E-state index contributed by atoms with van der Waals surface area (Å²) < 4.78 is 21.6. The van der Waals surface area contributed by atoms with Crippen molar-refractivity contribution in [3.05, 3.63) is 108 Å². The molecular formula is C28H29NO4S. The van der Waals surface area contributed by atoms with Crippen LogP contribution in [-0.4, -0.2) is 14.2 Å². The number of rotatable bonds is 8. The van der Waals surface area contributed by atoms with E-state index in [0.717, 1.165) is 27.5 Å². The first-order chi connectivity index (χ1) is 16.6. The van der Waals surface area contributed by atoms with Crippen molar-refractivity contribution in [3.8, 4) is 23.0 Å². The summed E-state index contributed by atoms with van der Waals surface area (Å²) in [4.78, 5) is 0.826. The molecule has 0 unspecified atom stereocenters. The van der Waals surface area contributed by atoms with Gasteiger partial charge in [-0.05, 0) is 23.3 Å². The van der Waals surface area contributed by atoms with Gasteiger partial charge in [-0.25, -0.2) is 0 Å². The predicted octanol–water partition coefficient (Wildman–Crippen LogP) is 6.42. The number of hydrogen-bond donors (Lipinski definition) is 2. The first-order valence-electron chi connectivity index (χ1n) is 10.7. The Morgan fingerprint density at radius 3 is 1.50 bits per heavy atom. The van der Waals surface area contributed by atoms with E-state index in [1.165, 1.54) is 0 Å². The molecule has 0 fully saturated rings. The van der Waals surface area contributed by atoms with Gasteiger partial charge in [-0.15, -0.1) is 12.6 Å². The van der Waals surface area contributed by atoms with Crippen LogP contribution < -0.4 is 24.7 Å². The Morgan fingerprint density at radius 1 is 0.588 bits per heavy atom. The Kier molecular flexibility index (Phi) is 9.55. The smallest absolute Gasteiger partial charge is 0.125 e. The van der Waals surface area contributed by atoms with Crippen LogP contribution in [0.15, 0.2) is 102 Å². The van der Waals surface area contributed by atoms with Crippen LogP contribution in [-0.2, 0) is 13.2 Å². The minimum Gasteiger partial charge on any atom is -0.497 e. The van der Waals surface area contributed by atoms with E-state index in [2.05, 4.69) is 12.6 Å². The van der Waals surface area contributed by atoms with Gasteiger partial charge in [0.2, 0.25) is 0 Å². The summed E-state index contributed by atoms with van der Waals surface area (Å²) in [6, 6.07) is 30.9. The van der Waals surface area contributed by atoms with Gasteiger partial charge in [-0.1, -0.05) is 60.7 Å². The van der Waals surface area contributed by atoms with E-state index in [-0.39, 0.29) is 0 Å². The van der Waals surface area contributed by atoms with Crippen molar-refractivity contribution in [2.75, 3.05) is 20.0 Å². The second-order valence-electron chi connectivity index (χ2n) is 7.36. The van der Waals surface area contributed by atoms with Crippen molar-refractivity contribution in [1.29, 1.82) is 0 Å². The van der Waals surface area contributed by atoms with E-state index in [1.807, 2.05) is 84.9 Å². The molecule has 0 radical (unpaired) electrons. The van der Waals surface area contributed by atoms with Crippen LogP contribution in [0.4, 0.5) is 5.69 Å².